The fraction of sp³-hybridized carbons (Fsp3) is 0.838. The maximum absolute atomic E-state index is 14.0. The number of nitrogens with one attached hydrogen (secondary N) is 1. The van der Waals surface area contributed by atoms with E-state index < -0.39 is 10.8 Å². The minimum atomic E-state index is -0.451. The fourth-order valence-corrected chi connectivity index (χ4v) is 11.7. The average Bonchev–Trinajstić information content (AvgIpc) is 2.93. The molecule has 0 spiro atoms. The van der Waals surface area contributed by atoms with Crippen LogP contribution in [0.5, 0.6) is 0 Å². The van der Waals surface area contributed by atoms with Gasteiger partial charge < -0.3 is 14.8 Å². The molecule has 0 aromatic heterocycles. The quantitative estimate of drug-likeness (QED) is 0.193. The molecule has 9 atom stereocenters. The number of carbonyl (C=O) groups excluding carboxylic acids is 3. The van der Waals surface area contributed by atoms with E-state index in [9.17, 15) is 14.4 Å². The number of rotatable bonds is 6. The van der Waals surface area contributed by atoms with E-state index in [-0.39, 0.29) is 64.1 Å². The second-order valence-electron chi connectivity index (χ2n) is 17.0. The molecule has 0 aromatic carbocycles. The van der Waals surface area contributed by atoms with Crippen LogP contribution in [0.1, 0.15) is 126 Å². The molecule has 0 radical (unpaired) electrons. The number of ether oxygens (including phenoxy) is 2. The molecule has 5 rings (SSSR count). The zero-order chi connectivity index (χ0) is 32.3. The van der Waals surface area contributed by atoms with Gasteiger partial charge in [-0.05, 0) is 104 Å². The molecular formula is C37H56N2O5. The van der Waals surface area contributed by atoms with Crippen LogP contribution in [0.3, 0.4) is 0 Å². The Bertz CT molecular complexity index is 1270. The van der Waals surface area contributed by atoms with Crippen LogP contribution in [0, 0.1) is 61.6 Å². The molecule has 0 heterocycles. The zero-order valence-electron chi connectivity index (χ0n) is 28.6. The van der Waals surface area contributed by atoms with Crippen molar-refractivity contribution in [1.29, 1.82) is 5.26 Å². The number of nitriles is 1. The lowest BCUT2D eigenvalue weighted by Gasteiger charge is -2.71. The molecule has 1 unspecified atom stereocenters. The standard InChI is InChI=1S/C37H56N2O5/c1-24(40)43-23-34(6)28-12-15-36(8)29(33(28,5)14-13-30(34)44-25(2)41)11-10-26-27-22-32(3,4)16-18-37(27,19-17-35(26,36)7)31(42)39-21-9-20-38/h10,27-30H,9,11-19,21-23H2,1-8H3,(H,39,42)/t27-,28?,29-,30+,33+,34-,35-,36-,37+/m1/s1. The van der Waals surface area contributed by atoms with Crippen molar-refractivity contribution in [3.8, 4) is 6.07 Å². The van der Waals surface area contributed by atoms with Gasteiger partial charge in [-0.15, -0.1) is 0 Å². The maximum atomic E-state index is 14.0. The monoisotopic (exact) mass is 608 g/mol. The molecule has 0 aliphatic heterocycles. The second-order valence-corrected chi connectivity index (χ2v) is 17.0. The Kier molecular flexibility index (Phi) is 8.38. The molecule has 7 heteroatoms. The molecule has 7 nitrogen and oxygen atoms in total. The summed E-state index contributed by atoms with van der Waals surface area (Å²) in [6.07, 6.45) is 12.3. The summed E-state index contributed by atoms with van der Waals surface area (Å²) in [4.78, 5) is 38.2. The van der Waals surface area contributed by atoms with E-state index in [1.165, 1.54) is 19.4 Å². The second kappa shape index (κ2) is 11.2. The van der Waals surface area contributed by atoms with Crippen molar-refractivity contribution >= 4 is 17.8 Å². The average molecular weight is 609 g/mol. The first-order valence-corrected chi connectivity index (χ1v) is 17.2. The number of carbonyl (C=O) groups is 3. The molecule has 244 valence electrons. The highest BCUT2D eigenvalue weighted by molar-refractivity contribution is 5.84. The van der Waals surface area contributed by atoms with Crippen molar-refractivity contribution in [1.82, 2.24) is 5.32 Å². The molecule has 1 amide bonds. The van der Waals surface area contributed by atoms with Crippen LogP contribution in [0.2, 0.25) is 0 Å². The van der Waals surface area contributed by atoms with Gasteiger partial charge in [-0.2, -0.15) is 5.26 Å². The minimum Gasteiger partial charge on any atom is -0.465 e. The van der Waals surface area contributed by atoms with Gasteiger partial charge in [-0.1, -0.05) is 53.2 Å². The van der Waals surface area contributed by atoms with Crippen molar-refractivity contribution in [2.45, 2.75) is 132 Å². The predicted molar refractivity (Wildman–Crippen MR) is 169 cm³/mol. The molecule has 1 N–H and O–H groups in total. The van der Waals surface area contributed by atoms with Gasteiger partial charge in [0.05, 0.1) is 17.9 Å². The third kappa shape index (κ3) is 4.92. The molecule has 5 aliphatic carbocycles. The number of hydrogen-bond donors (Lipinski definition) is 1. The Morgan fingerprint density at radius 2 is 1.64 bits per heavy atom. The van der Waals surface area contributed by atoms with E-state index >= 15 is 0 Å². The van der Waals surface area contributed by atoms with Gasteiger partial charge in [0, 0.05) is 25.8 Å². The molecule has 4 fully saturated rings. The Labute approximate surface area is 265 Å². The van der Waals surface area contributed by atoms with Gasteiger partial charge in [0.2, 0.25) is 5.91 Å². The molecule has 0 aromatic rings. The number of hydrogen-bond acceptors (Lipinski definition) is 6. The number of amides is 1. The first-order chi connectivity index (χ1) is 20.5. The van der Waals surface area contributed by atoms with Crippen LogP contribution in [-0.2, 0) is 23.9 Å². The highest BCUT2D eigenvalue weighted by Gasteiger charge is 2.70. The van der Waals surface area contributed by atoms with Crippen molar-refractivity contribution in [2.24, 2.45) is 50.2 Å². The molecule has 0 saturated heterocycles. The van der Waals surface area contributed by atoms with Crippen molar-refractivity contribution in [2.75, 3.05) is 13.2 Å². The van der Waals surface area contributed by atoms with Crippen LogP contribution in [-0.4, -0.2) is 37.1 Å². The number of allylic oxidation sites excluding steroid dienone is 2. The van der Waals surface area contributed by atoms with Crippen molar-refractivity contribution < 1.29 is 23.9 Å². The molecule has 0 bridgehead atoms. The first kappa shape index (κ1) is 33.0. The lowest BCUT2D eigenvalue weighted by molar-refractivity contribution is -0.226. The Morgan fingerprint density at radius 3 is 2.30 bits per heavy atom. The third-order valence-corrected chi connectivity index (χ3v) is 14.2. The van der Waals surface area contributed by atoms with E-state index in [1.54, 1.807) is 0 Å². The molecule has 5 aliphatic rings. The van der Waals surface area contributed by atoms with Gasteiger partial charge in [-0.3, -0.25) is 14.4 Å². The van der Waals surface area contributed by atoms with E-state index in [2.05, 4.69) is 59.0 Å². The van der Waals surface area contributed by atoms with Gasteiger partial charge >= 0.3 is 11.9 Å². The summed E-state index contributed by atoms with van der Waals surface area (Å²) >= 11 is 0. The Hall–Kier alpha value is -2.36. The van der Waals surface area contributed by atoms with Gasteiger partial charge in [0.1, 0.15) is 12.7 Å². The van der Waals surface area contributed by atoms with Crippen LogP contribution in [0.15, 0.2) is 11.6 Å². The number of nitrogens with zero attached hydrogens (tertiary/aromatic N) is 1. The van der Waals surface area contributed by atoms with Gasteiger partial charge in [-0.25, -0.2) is 0 Å². The van der Waals surface area contributed by atoms with E-state index in [4.69, 9.17) is 14.7 Å². The summed E-state index contributed by atoms with van der Waals surface area (Å²) in [6.45, 7) is 18.1. The zero-order valence-corrected chi connectivity index (χ0v) is 28.6. The molecule has 4 saturated carbocycles. The lowest BCUT2D eigenvalue weighted by Crippen LogP contribution is -2.66. The Morgan fingerprint density at radius 1 is 0.932 bits per heavy atom. The lowest BCUT2D eigenvalue weighted by atomic mass is 9.33. The van der Waals surface area contributed by atoms with Crippen molar-refractivity contribution in [3.05, 3.63) is 11.6 Å². The fourth-order valence-electron chi connectivity index (χ4n) is 11.7. The Balaban J connectivity index is 1.53. The maximum Gasteiger partial charge on any atom is 0.302 e. The first-order valence-electron chi connectivity index (χ1n) is 17.2. The highest BCUT2D eigenvalue weighted by Crippen LogP contribution is 2.76. The number of esters is 2. The summed E-state index contributed by atoms with van der Waals surface area (Å²) < 4.78 is 11.7. The smallest absolute Gasteiger partial charge is 0.302 e. The minimum absolute atomic E-state index is 0.00136. The number of fused-ring (bicyclic) bond motifs is 7. The van der Waals surface area contributed by atoms with E-state index in [0.717, 1.165) is 64.2 Å². The molecular weight excluding hydrogens is 552 g/mol. The normalized spacial score (nSPS) is 43.8. The predicted octanol–water partition coefficient (Wildman–Crippen LogP) is 7.29. The van der Waals surface area contributed by atoms with Crippen LogP contribution in [0.4, 0.5) is 0 Å². The van der Waals surface area contributed by atoms with Gasteiger partial charge in [0.25, 0.3) is 0 Å². The van der Waals surface area contributed by atoms with Crippen LogP contribution >= 0.6 is 0 Å². The summed E-state index contributed by atoms with van der Waals surface area (Å²) in [6, 6.07) is 2.18. The van der Waals surface area contributed by atoms with Crippen LogP contribution in [0.25, 0.3) is 0 Å². The summed E-state index contributed by atoms with van der Waals surface area (Å²) in [5.74, 6) is 0.491. The SMILES string of the molecule is CC(=O)OC[C@]1(C)C2CC[C@]3(C)[C@H](CC=C4[C@H]5CC(C)(C)CC[C@]5(C(=O)NCCC#N)CC[C@]43C)[C@@]2(C)CC[C@@H]1OC(C)=O. The summed E-state index contributed by atoms with van der Waals surface area (Å²) in [5, 5.41) is 12.3. The van der Waals surface area contributed by atoms with Gasteiger partial charge in [0.15, 0.2) is 0 Å². The third-order valence-electron chi connectivity index (χ3n) is 14.2. The molecule has 44 heavy (non-hydrogen) atoms. The van der Waals surface area contributed by atoms with E-state index in [0.29, 0.717) is 18.9 Å². The summed E-state index contributed by atoms with van der Waals surface area (Å²) in [7, 11) is 0. The largest absolute Gasteiger partial charge is 0.465 e. The van der Waals surface area contributed by atoms with Crippen LogP contribution < -0.4 is 5.32 Å². The van der Waals surface area contributed by atoms with E-state index in [1.807, 2.05) is 0 Å². The van der Waals surface area contributed by atoms with Crippen molar-refractivity contribution in [3.63, 3.8) is 0 Å². The topological polar surface area (TPSA) is 105 Å². The highest BCUT2D eigenvalue weighted by atomic mass is 16.6. The summed E-state index contributed by atoms with van der Waals surface area (Å²) in [5.41, 5.74) is 0.886.